The average Bonchev–Trinajstić information content (AvgIpc) is 2.86. The van der Waals surface area contributed by atoms with Gasteiger partial charge in [0.2, 0.25) is 5.91 Å². The minimum Gasteiger partial charge on any atom is -0.497 e. The van der Waals surface area contributed by atoms with E-state index >= 15 is 0 Å². The third kappa shape index (κ3) is 3.47. The molecule has 0 spiro atoms. The van der Waals surface area contributed by atoms with E-state index in [1.54, 1.807) is 7.11 Å². The summed E-state index contributed by atoms with van der Waals surface area (Å²) in [6, 6.07) is 9.75. The molecule has 2 rings (SSSR count). The molecule has 0 aromatic heterocycles. The van der Waals surface area contributed by atoms with E-state index < -0.39 is 0 Å². The Hall–Kier alpha value is -2.02. The lowest BCUT2D eigenvalue weighted by molar-refractivity contribution is -0.121. The van der Waals surface area contributed by atoms with Gasteiger partial charge in [-0.25, -0.2) is 0 Å². The zero-order valence-electron chi connectivity index (χ0n) is 11.1. The Labute approximate surface area is 113 Å². The van der Waals surface area contributed by atoms with Gasteiger partial charge in [0.05, 0.1) is 25.5 Å². The lowest BCUT2D eigenvalue weighted by atomic mass is 10.1. The van der Waals surface area contributed by atoms with E-state index in [1.807, 2.05) is 24.3 Å². The zero-order valence-corrected chi connectivity index (χ0v) is 11.1. The van der Waals surface area contributed by atoms with Crippen LogP contribution in [0.25, 0.3) is 0 Å². The van der Waals surface area contributed by atoms with Crippen LogP contribution in [-0.2, 0) is 11.2 Å². The monoisotopic (exact) mass is 258 g/mol. The van der Waals surface area contributed by atoms with Crippen LogP contribution in [-0.4, -0.2) is 19.1 Å². The number of nitrogens with zero attached hydrogens (tertiary/aromatic N) is 1. The number of ether oxygens (including phenoxy) is 1. The van der Waals surface area contributed by atoms with Crippen LogP contribution in [0.4, 0.5) is 0 Å². The zero-order chi connectivity index (χ0) is 13.7. The maximum atomic E-state index is 11.9. The summed E-state index contributed by atoms with van der Waals surface area (Å²) in [4.78, 5) is 11.9. The fourth-order valence-electron chi connectivity index (χ4n) is 2.47. The smallest absolute Gasteiger partial charge is 0.224 e. The van der Waals surface area contributed by atoms with Crippen molar-refractivity contribution in [3.05, 3.63) is 29.8 Å². The number of carbonyl (C=O) groups is 1. The van der Waals surface area contributed by atoms with Crippen molar-refractivity contribution in [2.75, 3.05) is 7.11 Å². The molecular formula is C15H18N2O2. The Kier molecular flexibility index (Phi) is 4.40. The number of rotatable bonds is 4. The topological polar surface area (TPSA) is 62.1 Å². The number of benzene rings is 1. The average molecular weight is 258 g/mol. The molecule has 4 nitrogen and oxygen atoms in total. The van der Waals surface area contributed by atoms with Gasteiger partial charge in [0.15, 0.2) is 0 Å². The Morgan fingerprint density at radius 2 is 2.16 bits per heavy atom. The minimum atomic E-state index is -0.0279. The van der Waals surface area contributed by atoms with Crippen LogP contribution >= 0.6 is 0 Å². The largest absolute Gasteiger partial charge is 0.497 e. The van der Waals surface area contributed by atoms with Crippen molar-refractivity contribution in [1.29, 1.82) is 5.26 Å². The summed E-state index contributed by atoms with van der Waals surface area (Å²) in [5.74, 6) is 0.738. The first-order chi connectivity index (χ1) is 9.22. The van der Waals surface area contributed by atoms with Crippen molar-refractivity contribution in [2.45, 2.75) is 31.7 Å². The summed E-state index contributed by atoms with van der Waals surface area (Å²) in [5, 5.41) is 11.9. The predicted octanol–water partition coefficient (Wildman–Crippen LogP) is 2.05. The molecule has 4 heteroatoms. The van der Waals surface area contributed by atoms with Crippen molar-refractivity contribution in [3.63, 3.8) is 0 Å². The fraction of sp³-hybridized carbons (Fsp3) is 0.467. The van der Waals surface area contributed by atoms with Crippen LogP contribution in [0.3, 0.4) is 0 Å². The Morgan fingerprint density at radius 3 is 2.79 bits per heavy atom. The molecular weight excluding hydrogens is 240 g/mol. The second-order valence-electron chi connectivity index (χ2n) is 4.87. The van der Waals surface area contributed by atoms with Gasteiger partial charge in [0.1, 0.15) is 5.75 Å². The van der Waals surface area contributed by atoms with E-state index in [-0.39, 0.29) is 17.9 Å². The summed E-state index contributed by atoms with van der Waals surface area (Å²) in [6.45, 7) is 0. The van der Waals surface area contributed by atoms with Crippen molar-refractivity contribution < 1.29 is 9.53 Å². The molecule has 1 aliphatic carbocycles. The minimum absolute atomic E-state index is 0.0164. The molecule has 19 heavy (non-hydrogen) atoms. The van der Waals surface area contributed by atoms with E-state index in [9.17, 15) is 4.79 Å². The van der Waals surface area contributed by atoms with Crippen molar-refractivity contribution >= 4 is 5.91 Å². The first kappa shape index (κ1) is 13.4. The van der Waals surface area contributed by atoms with Crippen LogP contribution in [0.1, 0.15) is 24.8 Å². The van der Waals surface area contributed by atoms with Crippen LogP contribution < -0.4 is 10.1 Å². The molecule has 1 aliphatic rings. The van der Waals surface area contributed by atoms with Gasteiger partial charge in [0.25, 0.3) is 0 Å². The molecule has 1 N–H and O–H groups in total. The van der Waals surface area contributed by atoms with E-state index in [2.05, 4.69) is 11.4 Å². The quantitative estimate of drug-likeness (QED) is 0.899. The fourth-order valence-corrected chi connectivity index (χ4v) is 2.47. The second kappa shape index (κ2) is 6.24. The van der Waals surface area contributed by atoms with E-state index in [4.69, 9.17) is 10.00 Å². The Bertz CT molecular complexity index is 476. The second-order valence-corrected chi connectivity index (χ2v) is 4.87. The van der Waals surface area contributed by atoms with Gasteiger partial charge in [-0.2, -0.15) is 5.26 Å². The van der Waals surface area contributed by atoms with Gasteiger partial charge in [-0.1, -0.05) is 12.1 Å². The van der Waals surface area contributed by atoms with Crippen molar-refractivity contribution in [2.24, 2.45) is 5.92 Å². The molecule has 0 heterocycles. The highest BCUT2D eigenvalue weighted by atomic mass is 16.5. The SMILES string of the molecule is COc1ccc(CC(=O)NC2CCCC2C#N)cc1. The number of amides is 1. The highest BCUT2D eigenvalue weighted by molar-refractivity contribution is 5.79. The van der Waals surface area contributed by atoms with Gasteiger partial charge in [-0.05, 0) is 37.0 Å². The van der Waals surface area contributed by atoms with Crippen LogP contribution in [0.2, 0.25) is 0 Å². The molecule has 1 fully saturated rings. The highest BCUT2D eigenvalue weighted by Crippen LogP contribution is 2.24. The molecule has 2 unspecified atom stereocenters. The first-order valence-electron chi connectivity index (χ1n) is 6.55. The first-order valence-corrected chi connectivity index (χ1v) is 6.55. The summed E-state index contributed by atoms with van der Waals surface area (Å²) in [5.41, 5.74) is 0.949. The number of hydrogen-bond donors (Lipinski definition) is 1. The van der Waals surface area contributed by atoms with Crippen LogP contribution in [0, 0.1) is 17.2 Å². The third-order valence-corrected chi connectivity index (χ3v) is 3.55. The van der Waals surface area contributed by atoms with Gasteiger partial charge in [-0.15, -0.1) is 0 Å². The third-order valence-electron chi connectivity index (χ3n) is 3.55. The maximum Gasteiger partial charge on any atom is 0.224 e. The Morgan fingerprint density at radius 1 is 1.42 bits per heavy atom. The number of hydrogen-bond acceptors (Lipinski definition) is 3. The summed E-state index contributed by atoms with van der Waals surface area (Å²) >= 11 is 0. The number of nitrogens with one attached hydrogen (secondary N) is 1. The van der Waals surface area contributed by atoms with Crippen LogP contribution in [0.15, 0.2) is 24.3 Å². The molecule has 1 saturated carbocycles. The van der Waals surface area contributed by atoms with Crippen molar-refractivity contribution in [3.8, 4) is 11.8 Å². The van der Waals surface area contributed by atoms with Gasteiger partial charge in [-0.3, -0.25) is 4.79 Å². The standard InChI is InChI=1S/C15H18N2O2/c1-19-13-7-5-11(6-8-13)9-15(18)17-14-4-2-3-12(14)10-16/h5-8,12,14H,2-4,9H2,1H3,(H,17,18). The van der Waals surface area contributed by atoms with Gasteiger partial charge in [0, 0.05) is 6.04 Å². The Balaban J connectivity index is 1.88. The number of nitriles is 1. The lowest BCUT2D eigenvalue weighted by Crippen LogP contribution is -2.37. The van der Waals surface area contributed by atoms with Gasteiger partial charge >= 0.3 is 0 Å². The molecule has 100 valence electrons. The van der Waals surface area contributed by atoms with Gasteiger partial charge < -0.3 is 10.1 Å². The van der Waals surface area contributed by atoms with E-state index in [0.717, 1.165) is 30.6 Å². The summed E-state index contributed by atoms with van der Waals surface area (Å²) in [6.07, 6.45) is 3.17. The van der Waals surface area contributed by atoms with E-state index in [0.29, 0.717) is 6.42 Å². The number of carbonyl (C=O) groups excluding carboxylic acids is 1. The number of methoxy groups -OCH3 is 1. The molecule has 1 aromatic rings. The predicted molar refractivity (Wildman–Crippen MR) is 71.6 cm³/mol. The maximum absolute atomic E-state index is 11.9. The highest BCUT2D eigenvalue weighted by Gasteiger charge is 2.28. The molecule has 0 bridgehead atoms. The van der Waals surface area contributed by atoms with E-state index in [1.165, 1.54) is 0 Å². The molecule has 0 aliphatic heterocycles. The molecule has 0 radical (unpaired) electrons. The normalized spacial score (nSPS) is 21.7. The summed E-state index contributed by atoms with van der Waals surface area (Å²) in [7, 11) is 1.61. The van der Waals surface area contributed by atoms with Crippen LogP contribution in [0.5, 0.6) is 5.75 Å². The molecule has 1 aromatic carbocycles. The molecule has 1 amide bonds. The molecule has 2 atom stereocenters. The lowest BCUT2D eigenvalue weighted by Gasteiger charge is -2.15. The summed E-state index contributed by atoms with van der Waals surface area (Å²) < 4.78 is 5.07. The molecule has 0 saturated heterocycles. The van der Waals surface area contributed by atoms with Crippen molar-refractivity contribution in [1.82, 2.24) is 5.32 Å².